The van der Waals surface area contributed by atoms with Gasteiger partial charge in [0.25, 0.3) is 0 Å². The Bertz CT molecular complexity index is 202. The summed E-state index contributed by atoms with van der Waals surface area (Å²) in [5.74, 6) is 0. The van der Waals surface area contributed by atoms with Gasteiger partial charge in [0.2, 0.25) is 0 Å². The van der Waals surface area contributed by atoms with E-state index in [2.05, 4.69) is 17.3 Å². The highest BCUT2D eigenvalue weighted by atomic mass is 16.5. The number of nitrogens with one attached hydrogen (secondary N) is 1. The average molecular weight is 226 g/mol. The number of likely N-dealkylation sites (N-methyl/N-ethyl adjacent to an activating group) is 1. The van der Waals surface area contributed by atoms with E-state index in [1.165, 1.54) is 51.6 Å². The van der Waals surface area contributed by atoms with Crippen molar-refractivity contribution in [2.75, 3.05) is 27.2 Å². The van der Waals surface area contributed by atoms with Crippen molar-refractivity contribution in [1.29, 1.82) is 0 Å². The van der Waals surface area contributed by atoms with E-state index < -0.39 is 0 Å². The van der Waals surface area contributed by atoms with E-state index in [-0.39, 0.29) is 0 Å². The van der Waals surface area contributed by atoms with Gasteiger partial charge in [0.05, 0.1) is 6.10 Å². The van der Waals surface area contributed by atoms with Crippen molar-refractivity contribution in [1.82, 2.24) is 10.2 Å². The summed E-state index contributed by atoms with van der Waals surface area (Å²) < 4.78 is 5.44. The normalized spacial score (nSPS) is 37.5. The quantitative estimate of drug-likeness (QED) is 0.791. The van der Waals surface area contributed by atoms with Gasteiger partial charge in [-0.05, 0) is 52.1 Å². The molecule has 1 saturated heterocycles. The second kappa shape index (κ2) is 5.99. The summed E-state index contributed by atoms with van der Waals surface area (Å²) in [5, 5.41) is 3.43. The second-order valence-electron chi connectivity index (χ2n) is 5.29. The molecule has 1 heterocycles. The lowest BCUT2D eigenvalue weighted by Gasteiger charge is -2.41. The maximum Gasteiger partial charge on any atom is 0.0572 e. The van der Waals surface area contributed by atoms with Crippen molar-refractivity contribution < 1.29 is 4.74 Å². The first-order valence-corrected chi connectivity index (χ1v) is 6.77. The number of likely N-dealkylation sites (tertiary alicyclic amines) is 1. The highest BCUT2D eigenvalue weighted by Gasteiger charge is 2.28. The first kappa shape index (κ1) is 12.3. The van der Waals surface area contributed by atoms with E-state index in [4.69, 9.17) is 4.74 Å². The van der Waals surface area contributed by atoms with Crippen LogP contribution in [-0.2, 0) is 4.74 Å². The molecule has 1 aliphatic heterocycles. The Hall–Kier alpha value is -0.120. The minimum Gasteiger partial charge on any atom is -0.381 e. The van der Waals surface area contributed by atoms with E-state index in [1.54, 1.807) is 0 Å². The number of rotatable bonds is 3. The lowest BCUT2D eigenvalue weighted by molar-refractivity contribution is 0.0301. The number of piperidine rings is 1. The van der Waals surface area contributed by atoms with Gasteiger partial charge in [-0.2, -0.15) is 0 Å². The molecule has 2 rings (SSSR count). The third-order valence-corrected chi connectivity index (χ3v) is 4.35. The summed E-state index contributed by atoms with van der Waals surface area (Å²) in [6.45, 7) is 2.55. The summed E-state index contributed by atoms with van der Waals surface area (Å²) in [6.07, 6.45) is 8.39. The zero-order valence-electron chi connectivity index (χ0n) is 10.7. The zero-order chi connectivity index (χ0) is 11.4. The molecular weight excluding hydrogens is 200 g/mol. The van der Waals surface area contributed by atoms with Crippen molar-refractivity contribution in [3.05, 3.63) is 0 Å². The van der Waals surface area contributed by atoms with Gasteiger partial charge in [0.15, 0.2) is 0 Å². The highest BCUT2D eigenvalue weighted by Crippen LogP contribution is 2.26. The molecule has 0 amide bonds. The van der Waals surface area contributed by atoms with Crippen molar-refractivity contribution in [3.63, 3.8) is 0 Å². The van der Waals surface area contributed by atoms with Crippen molar-refractivity contribution in [2.24, 2.45) is 0 Å². The smallest absolute Gasteiger partial charge is 0.0572 e. The number of methoxy groups -OCH3 is 1. The fourth-order valence-corrected chi connectivity index (χ4v) is 3.22. The first-order valence-electron chi connectivity index (χ1n) is 6.77. The number of nitrogens with zero attached hydrogens (tertiary/aromatic N) is 1. The molecule has 2 aliphatic rings. The predicted octanol–water partition coefficient (Wildman–Crippen LogP) is 1.63. The monoisotopic (exact) mass is 226 g/mol. The van der Waals surface area contributed by atoms with Crippen LogP contribution in [0.4, 0.5) is 0 Å². The summed E-state index contributed by atoms with van der Waals surface area (Å²) in [5.41, 5.74) is 0. The molecule has 3 nitrogen and oxygen atoms in total. The molecule has 1 unspecified atom stereocenters. The minimum absolute atomic E-state index is 0.529. The van der Waals surface area contributed by atoms with Gasteiger partial charge in [-0.15, -0.1) is 0 Å². The molecule has 1 aliphatic carbocycles. The van der Waals surface area contributed by atoms with E-state index in [9.17, 15) is 0 Å². The van der Waals surface area contributed by atoms with E-state index in [0.29, 0.717) is 12.1 Å². The Labute approximate surface area is 99.5 Å². The van der Waals surface area contributed by atoms with Gasteiger partial charge in [-0.25, -0.2) is 0 Å². The van der Waals surface area contributed by atoms with Crippen LogP contribution in [0, 0.1) is 0 Å². The average Bonchev–Trinajstić information content (AvgIpc) is 2.39. The SMILES string of the molecule is CNC1CCCN(C2CCC(OC)CC2)C1. The molecule has 0 bridgehead atoms. The fraction of sp³-hybridized carbons (Fsp3) is 1.00. The largest absolute Gasteiger partial charge is 0.381 e. The Morgan fingerprint density at radius 1 is 1.12 bits per heavy atom. The number of ether oxygens (including phenoxy) is 1. The molecular formula is C13H26N2O. The molecule has 0 aromatic heterocycles. The van der Waals surface area contributed by atoms with Gasteiger partial charge in [0.1, 0.15) is 0 Å². The Balaban J connectivity index is 1.79. The molecule has 0 aromatic carbocycles. The van der Waals surface area contributed by atoms with E-state index in [1.807, 2.05) is 7.11 Å². The zero-order valence-corrected chi connectivity index (χ0v) is 10.7. The van der Waals surface area contributed by atoms with Crippen LogP contribution in [0.3, 0.4) is 0 Å². The highest BCUT2D eigenvalue weighted by molar-refractivity contribution is 4.85. The second-order valence-corrected chi connectivity index (χ2v) is 5.29. The van der Waals surface area contributed by atoms with E-state index >= 15 is 0 Å². The number of hydrogen-bond acceptors (Lipinski definition) is 3. The molecule has 1 saturated carbocycles. The van der Waals surface area contributed by atoms with Crippen LogP contribution in [0.2, 0.25) is 0 Å². The Morgan fingerprint density at radius 2 is 1.88 bits per heavy atom. The third-order valence-electron chi connectivity index (χ3n) is 4.35. The maximum absolute atomic E-state index is 5.44. The summed E-state index contributed by atoms with van der Waals surface area (Å²) in [7, 11) is 3.94. The molecule has 2 fully saturated rings. The molecule has 0 spiro atoms. The van der Waals surface area contributed by atoms with Crippen LogP contribution in [0.15, 0.2) is 0 Å². The summed E-state index contributed by atoms with van der Waals surface area (Å²) in [6, 6.07) is 1.54. The van der Waals surface area contributed by atoms with Crippen molar-refractivity contribution in [2.45, 2.75) is 56.7 Å². The van der Waals surface area contributed by atoms with Gasteiger partial charge in [-0.3, -0.25) is 4.90 Å². The lowest BCUT2D eigenvalue weighted by Crippen LogP contribution is -2.50. The van der Waals surface area contributed by atoms with Crippen LogP contribution >= 0.6 is 0 Å². The maximum atomic E-state index is 5.44. The molecule has 1 atom stereocenters. The van der Waals surface area contributed by atoms with Gasteiger partial charge < -0.3 is 10.1 Å². The minimum atomic E-state index is 0.529. The fourth-order valence-electron chi connectivity index (χ4n) is 3.22. The Kier molecular flexibility index (Phi) is 4.62. The molecule has 94 valence electrons. The number of hydrogen-bond donors (Lipinski definition) is 1. The summed E-state index contributed by atoms with van der Waals surface area (Å²) in [4.78, 5) is 2.70. The third kappa shape index (κ3) is 2.96. The van der Waals surface area contributed by atoms with Crippen LogP contribution < -0.4 is 5.32 Å². The van der Waals surface area contributed by atoms with Gasteiger partial charge >= 0.3 is 0 Å². The van der Waals surface area contributed by atoms with Crippen molar-refractivity contribution in [3.8, 4) is 0 Å². The van der Waals surface area contributed by atoms with Gasteiger partial charge in [0, 0.05) is 25.7 Å². The predicted molar refractivity (Wildman–Crippen MR) is 66.7 cm³/mol. The van der Waals surface area contributed by atoms with Crippen LogP contribution in [0.25, 0.3) is 0 Å². The molecule has 0 radical (unpaired) electrons. The Morgan fingerprint density at radius 3 is 2.50 bits per heavy atom. The lowest BCUT2D eigenvalue weighted by atomic mass is 9.90. The molecule has 1 N–H and O–H groups in total. The standard InChI is InChI=1S/C13H26N2O/c1-14-11-4-3-9-15(10-11)12-5-7-13(16-2)8-6-12/h11-14H,3-10H2,1-2H3. The van der Waals surface area contributed by atoms with Crippen LogP contribution in [0.5, 0.6) is 0 Å². The molecule has 0 aromatic rings. The first-order chi connectivity index (χ1) is 7.83. The molecule has 3 heteroatoms. The molecule has 16 heavy (non-hydrogen) atoms. The van der Waals surface area contributed by atoms with Crippen LogP contribution in [0.1, 0.15) is 38.5 Å². The topological polar surface area (TPSA) is 24.5 Å². The van der Waals surface area contributed by atoms with E-state index in [0.717, 1.165) is 6.04 Å². The summed E-state index contributed by atoms with van der Waals surface area (Å²) >= 11 is 0. The van der Waals surface area contributed by atoms with Crippen LogP contribution in [-0.4, -0.2) is 50.3 Å². The van der Waals surface area contributed by atoms with Gasteiger partial charge in [-0.1, -0.05) is 0 Å². The van der Waals surface area contributed by atoms with Crippen molar-refractivity contribution >= 4 is 0 Å².